The van der Waals surface area contributed by atoms with E-state index < -0.39 is 29.9 Å². The Balaban J connectivity index is 1.82. The number of Topliss-reactive ketones (excluding diaryl/α,β-unsaturated/α-hetero) is 1. The summed E-state index contributed by atoms with van der Waals surface area (Å²) in [4.78, 5) is 50.7. The average Bonchev–Trinajstić information content (AvgIpc) is 2.86. The van der Waals surface area contributed by atoms with Crippen LogP contribution in [0.5, 0.6) is 0 Å². The molecule has 2 amide bonds. The fourth-order valence-electron chi connectivity index (χ4n) is 3.43. The van der Waals surface area contributed by atoms with Crippen LogP contribution in [0.2, 0.25) is 0 Å². The molecule has 2 N–H and O–H groups in total. The molecule has 0 saturated carbocycles. The molecule has 0 fully saturated rings. The van der Waals surface area contributed by atoms with Gasteiger partial charge >= 0.3 is 5.97 Å². The highest BCUT2D eigenvalue weighted by atomic mass is 16.5. The van der Waals surface area contributed by atoms with Gasteiger partial charge in [-0.05, 0) is 37.1 Å². The van der Waals surface area contributed by atoms with Gasteiger partial charge in [-0.15, -0.1) is 0 Å². The van der Waals surface area contributed by atoms with E-state index in [-0.39, 0.29) is 11.7 Å². The Bertz CT molecular complexity index is 1190. The number of ketones is 1. The molecule has 180 valence electrons. The second-order valence-corrected chi connectivity index (χ2v) is 8.42. The maximum Gasteiger partial charge on any atom is 0.330 e. The van der Waals surface area contributed by atoms with Crippen molar-refractivity contribution >= 4 is 29.3 Å². The number of rotatable bonds is 9. The lowest BCUT2D eigenvalue weighted by atomic mass is 10.0. The van der Waals surface area contributed by atoms with Gasteiger partial charge in [0, 0.05) is 22.4 Å². The Morgan fingerprint density at radius 2 is 1.37 bits per heavy atom. The van der Waals surface area contributed by atoms with E-state index in [0.717, 1.165) is 0 Å². The minimum Gasteiger partial charge on any atom is -0.446 e. The van der Waals surface area contributed by atoms with Gasteiger partial charge in [-0.25, -0.2) is 4.79 Å². The first kappa shape index (κ1) is 25.4. The van der Waals surface area contributed by atoms with E-state index in [1.165, 1.54) is 6.92 Å². The summed E-state index contributed by atoms with van der Waals surface area (Å²) in [5.74, 6) is -2.15. The number of amides is 2. The molecule has 0 bridgehead atoms. The summed E-state index contributed by atoms with van der Waals surface area (Å²) in [6.45, 7) is 5.00. The van der Waals surface area contributed by atoms with Crippen molar-refractivity contribution in [1.82, 2.24) is 5.32 Å². The zero-order valence-corrected chi connectivity index (χ0v) is 19.9. The molecule has 0 radical (unpaired) electrons. The first-order valence-electron chi connectivity index (χ1n) is 11.3. The highest BCUT2D eigenvalue weighted by Crippen LogP contribution is 2.22. The Hall–Kier alpha value is -4.26. The monoisotopic (exact) mass is 472 g/mol. The van der Waals surface area contributed by atoms with Crippen molar-refractivity contribution in [1.29, 1.82) is 0 Å². The van der Waals surface area contributed by atoms with Crippen LogP contribution in [-0.4, -0.2) is 29.6 Å². The third-order valence-electron chi connectivity index (χ3n) is 5.35. The van der Waals surface area contributed by atoms with Crippen LogP contribution >= 0.6 is 0 Å². The van der Waals surface area contributed by atoms with Gasteiger partial charge in [0.05, 0.1) is 0 Å². The topological polar surface area (TPSA) is 102 Å². The normalized spacial score (nSPS) is 12.3. The molecular formula is C28H28N2O5. The molecule has 7 nitrogen and oxygen atoms in total. The molecule has 0 aliphatic heterocycles. The molecular weight excluding hydrogens is 444 g/mol. The number of anilines is 1. The summed E-state index contributed by atoms with van der Waals surface area (Å²) >= 11 is 0. The van der Waals surface area contributed by atoms with Gasteiger partial charge < -0.3 is 15.4 Å². The average molecular weight is 473 g/mol. The summed E-state index contributed by atoms with van der Waals surface area (Å²) in [6.07, 6.45) is -1.26. The highest BCUT2D eigenvalue weighted by molar-refractivity contribution is 6.00. The second kappa shape index (κ2) is 11.7. The lowest BCUT2D eigenvalue weighted by Crippen LogP contribution is -2.46. The number of esters is 1. The van der Waals surface area contributed by atoms with E-state index in [9.17, 15) is 19.2 Å². The lowest BCUT2D eigenvalue weighted by molar-refractivity contribution is -0.157. The van der Waals surface area contributed by atoms with Crippen LogP contribution in [0.3, 0.4) is 0 Å². The molecule has 3 aromatic carbocycles. The molecule has 2 atom stereocenters. The molecule has 0 heterocycles. The lowest BCUT2D eigenvalue weighted by Gasteiger charge is -2.24. The predicted octanol–water partition coefficient (Wildman–Crippen LogP) is 4.57. The SMILES string of the molecule is CC(=O)c1cccc(NC(=O)[C@@H](OC(=O)[C@H](NC(=O)c2ccccc2)C(C)C)c2ccccc2)c1. The van der Waals surface area contributed by atoms with Crippen LogP contribution in [0, 0.1) is 5.92 Å². The van der Waals surface area contributed by atoms with Crippen molar-refractivity contribution in [2.75, 3.05) is 5.32 Å². The largest absolute Gasteiger partial charge is 0.446 e. The smallest absolute Gasteiger partial charge is 0.330 e. The Morgan fingerprint density at radius 1 is 0.771 bits per heavy atom. The van der Waals surface area contributed by atoms with Crippen LogP contribution in [0.25, 0.3) is 0 Å². The highest BCUT2D eigenvalue weighted by Gasteiger charge is 2.32. The van der Waals surface area contributed by atoms with Crippen LogP contribution < -0.4 is 10.6 Å². The van der Waals surface area contributed by atoms with Crippen LogP contribution in [0.1, 0.15) is 53.2 Å². The van der Waals surface area contributed by atoms with Gasteiger partial charge in [0.25, 0.3) is 11.8 Å². The van der Waals surface area contributed by atoms with Crippen molar-refractivity contribution < 1.29 is 23.9 Å². The molecule has 0 aromatic heterocycles. The minimum atomic E-state index is -1.26. The molecule has 35 heavy (non-hydrogen) atoms. The summed E-state index contributed by atoms with van der Waals surface area (Å²) in [5, 5.41) is 5.44. The number of hydrogen-bond donors (Lipinski definition) is 2. The van der Waals surface area contributed by atoms with E-state index in [1.54, 1.807) is 98.8 Å². The maximum atomic E-state index is 13.2. The quantitative estimate of drug-likeness (QED) is 0.351. The van der Waals surface area contributed by atoms with Crippen molar-refractivity contribution in [3.05, 3.63) is 102 Å². The molecule has 0 unspecified atom stereocenters. The third kappa shape index (κ3) is 6.86. The van der Waals surface area contributed by atoms with E-state index in [4.69, 9.17) is 4.74 Å². The van der Waals surface area contributed by atoms with E-state index in [0.29, 0.717) is 22.4 Å². The molecule has 7 heteroatoms. The first-order valence-corrected chi connectivity index (χ1v) is 11.3. The van der Waals surface area contributed by atoms with Gasteiger partial charge in [-0.3, -0.25) is 14.4 Å². The van der Waals surface area contributed by atoms with E-state index in [2.05, 4.69) is 10.6 Å². The molecule has 3 aromatic rings. The van der Waals surface area contributed by atoms with Crippen LogP contribution in [0.15, 0.2) is 84.9 Å². The first-order chi connectivity index (χ1) is 16.8. The van der Waals surface area contributed by atoms with Crippen molar-refractivity contribution in [3.8, 4) is 0 Å². The standard InChI is InChI=1S/C28H28N2O5/c1-18(2)24(30-26(32)21-13-8-5-9-14-21)28(34)35-25(20-11-6-4-7-12-20)27(33)29-23-16-10-15-22(17-23)19(3)31/h4-18,24-25H,1-3H3,(H,29,33)(H,30,32)/t24-,25+/m1/s1. The van der Waals surface area contributed by atoms with Crippen molar-refractivity contribution in [3.63, 3.8) is 0 Å². The second-order valence-electron chi connectivity index (χ2n) is 8.42. The molecule has 0 aliphatic rings. The molecule has 0 saturated heterocycles. The Labute approximate surface area is 204 Å². The maximum absolute atomic E-state index is 13.2. The van der Waals surface area contributed by atoms with Crippen molar-refractivity contribution in [2.45, 2.75) is 32.9 Å². The number of benzene rings is 3. The van der Waals surface area contributed by atoms with Gasteiger partial charge in [-0.1, -0.05) is 74.5 Å². The predicted molar refractivity (Wildman–Crippen MR) is 133 cm³/mol. The molecule has 3 rings (SSSR count). The van der Waals surface area contributed by atoms with E-state index >= 15 is 0 Å². The summed E-state index contributed by atoms with van der Waals surface area (Å²) in [5.41, 5.74) is 1.73. The number of carbonyl (C=O) groups is 4. The minimum absolute atomic E-state index is 0.138. The zero-order valence-electron chi connectivity index (χ0n) is 19.9. The van der Waals surface area contributed by atoms with Gasteiger partial charge in [0.1, 0.15) is 6.04 Å². The van der Waals surface area contributed by atoms with Crippen LogP contribution in [0.4, 0.5) is 5.69 Å². The number of nitrogens with one attached hydrogen (secondary N) is 2. The third-order valence-corrected chi connectivity index (χ3v) is 5.35. The molecule has 0 aliphatic carbocycles. The van der Waals surface area contributed by atoms with Gasteiger partial charge in [-0.2, -0.15) is 0 Å². The summed E-state index contributed by atoms with van der Waals surface area (Å²) in [6, 6.07) is 22.7. The summed E-state index contributed by atoms with van der Waals surface area (Å²) < 4.78 is 5.68. The molecule has 0 spiro atoms. The Morgan fingerprint density at radius 3 is 1.97 bits per heavy atom. The number of hydrogen-bond acceptors (Lipinski definition) is 5. The van der Waals surface area contributed by atoms with E-state index in [1.807, 2.05) is 0 Å². The van der Waals surface area contributed by atoms with Gasteiger partial charge in [0.2, 0.25) is 6.10 Å². The van der Waals surface area contributed by atoms with Gasteiger partial charge in [0.15, 0.2) is 5.78 Å². The Kier molecular flexibility index (Phi) is 8.51. The summed E-state index contributed by atoms with van der Waals surface area (Å²) in [7, 11) is 0. The van der Waals surface area contributed by atoms with Crippen molar-refractivity contribution in [2.24, 2.45) is 5.92 Å². The fourth-order valence-corrected chi connectivity index (χ4v) is 3.43. The number of ether oxygens (including phenoxy) is 1. The van der Waals surface area contributed by atoms with Crippen LogP contribution in [-0.2, 0) is 14.3 Å². The zero-order chi connectivity index (χ0) is 25.4. The number of carbonyl (C=O) groups excluding carboxylic acids is 4. The fraction of sp³-hybridized carbons (Fsp3) is 0.214.